The van der Waals surface area contributed by atoms with Crippen molar-refractivity contribution in [1.29, 1.82) is 0 Å². The van der Waals surface area contributed by atoms with Crippen LogP contribution in [0.25, 0.3) is 0 Å². The molecule has 0 spiro atoms. The smallest absolute Gasteiger partial charge is 0.155 e. The zero-order valence-electron chi connectivity index (χ0n) is 10.4. The van der Waals surface area contributed by atoms with E-state index in [0.29, 0.717) is 0 Å². The van der Waals surface area contributed by atoms with Gasteiger partial charge in [0.05, 0.1) is 0 Å². The van der Waals surface area contributed by atoms with E-state index in [1.165, 1.54) is 12.0 Å². The van der Waals surface area contributed by atoms with Gasteiger partial charge in [0.15, 0.2) is 5.82 Å². The molecule has 0 fully saturated rings. The van der Waals surface area contributed by atoms with Gasteiger partial charge in [-0.25, -0.2) is 9.67 Å². The van der Waals surface area contributed by atoms with Gasteiger partial charge in [0.25, 0.3) is 0 Å². The number of aromatic nitrogens is 3. The fourth-order valence-electron chi connectivity index (χ4n) is 2.42. The summed E-state index contributed by atoms with van der Waals surface area (Å²) in [5.74, 6) is 2.83. The lowest BCUT2D eigenvalue weighted by Crippen LogP contribution is -2.18. The van der Waals surface area contributed by atoms with Gasteiger partial charge in [0.1, 0.15) is 5.82 Å². The van der Waals surface area contributed by atoms with Crippen LogP contribution in [0.15, 0.2) is 28.7 Å². The zero-order chi connectivity index (χ0) is 12.5. The Morgan fingerprint density at radius 1 is 1.44 bits per heavy atom. The lowest BCUT2D eigenvalue weighted by molar-refractivity contribution is 0.385. The van der Waals surface area contributed by atoms with Crippen LogP contribution < -0.4 is 0 Å². The second kappa shape index (κ2) is 4.84. The van der Waals surface area contributed by atoms with Crippen LogP contribution in [0, 0.1) is 5.92 Å². The number of aryl methyl sites for hydroxylation is 1. The van der Waals surface area contributed by atoms with E-state index in [0.717, 1.165) is 41.4 Å². The first-order valence-corrected chi connectivity index (χ1v) is 7.17. The first-order chi connectivity index (χ1) is 8.70. The number of hydrogen-bond acceptors (Lipinski definition) is 2. The third kappa shape index (κ3) is 2.48. The zero-order valence-corrected chi connectivity index (χ0v) is 12.0. The Labute approximate surface area is 115 Å². The Balaban J connectivity index is 1.82. The number of rotatable bonds is 2. The van der Waals surface area contributed by atoms with Crippen molar-refractivity contribution in [2.75, 3.05) is 0 Å². The van der Waals surface area contributed by atoms with Crippen LogP contribution in [0.1, 0.15) is 30.6 Å². The molecule has 2 aromatic rings. The van der Waals surface area contributed by atoms with Crippen molar-refractivity contribution < 1.29 is 0 Å². The molecule has 4 heteroatoms. The van der Waals surface area contributed by atoms with E-state index in [9.17, 15) is 0 Å². The topological polar surface area (TPSA) is 30.7 Å². The highest BCUT2D eigenvalue weighted by atomic mass is 79.9. The van der Waals surface area contributed by atoms with Gasteiger partial charge in [0.2, 0.25) is 0 Å². The molecule has 2 heterocycles. The van der Waals surface area contributed by atoms with Gasteiger partial charge < -0.3 is 0 Å². The lowest BCUT2D eigenvalue weighted by atomic mass is 10.0. The predicted molar refractivity (Wildman–Crippen MR) is 74.5 cm³/mol. The Kier molecular flexibility index (Phi) is 3.20. The molecule has 94 valence electrons. The Hall–Kier alpha value is -1.16. The Morgan fingerprint density at radius 2 is 2.33 bits per heavy atom. The number of halogens is 1. The predicted octanol–water partition coefficient (Wildman–Crippen LogP) is 3.21. The number of nitrogens with zero attached hydrogens (tertiary/aromatic N) is 3. The maximum atomic E-state index is 4.66. The minimum atomic E-state index is 0.736. The molecule has 0 bridgehead atoms. The molecule has 0 N–H and O–H groups in total. The van der Waals surface area contributed by atoms with E-state index in [-0.39, 0.29) is 0 Å². The minimum absolute atomic E-state index is 0.736. The molecule has 1 aromatic carbocycles. The van der Waals surface area contributed by atoms with Crippen molar-refractivity contribution in [1.82, 2.24) is 14.8 Å². The first-order valence-electron chi connectivity index (χ1n) is 6.38. The molecule has 0 amide bonds. The standard InChI is InChI=1S/C14H16BrN3/c1-10-5-6-18-14(7-10)16-13(17-18)9-11-3-2-4-12(15)8-11/h2-4,8,10H,5-7,9H2,1H3. The molecule has 0 saturated heterocycles. The van der Waals surface area contributed by atoms with E-state index in [2.05, 4.69) is 55.8 Å². The SMILES string of the molecule is CC1CCn2nc(Cc3cccc(Br)c3)nc2C1. The summed E-state index contributed by atoms with van der Waals surface area (Å²) in [5.41, 5.74) is 1.25. The van der Waals surface area contributed by atoms with Gasteiger partial charge in [-0.3, -0.25) is 0 Å². The third-order valence-electron chi connectivity index (χ3n) is 3.41. The normalized spacial score (nSPS) is 18.7. The summed E-state index contributed by atoms with van der Waals surface area (Å²) < 4.78 is 3.19. The molecule has 3 rings (SSSR count). The van der Waals surface area contributed by atoms with Crippen molar-refractivity contribution in [2.45, 2.75) is 32.7 Å². The van der Waals surface area contributed by atoms with Gasteiger partial charge in [-0.2, -0.15) is 5.10 Å². The number of fused-ring (bicyclic) bond motifs is 1. The van der Waals surface area contributed by atoms with Crippen molar-refractivity contribution in [2.24, 2.45) is 5.92 Å². The molecule has 1 atom stereocenters. The molecule has 1 unspecified atom stereocenters. The molecular formula is C14H16BrN3. The van der Waals surface area contributed by atoms with Gasteiger partial charge in [-0.15, -0.1) is 0 Å². The number of benzene rings is 1. The molecule has 0 saturated carbocycles. The van der Waals surface area contributed by atoms with Crippen LogP contribution in [0.4, 0.5) is 0 Å². The summed E-state index contributed by atoms with van der Waals surface area (Å²) in [5, 5.41) is 4.60. The molecule has 1 aliphatic rings. The maximum absolute atomic E-state index is 4.66. The quantitative estimate of drug-likeness (QED) is 0.853. The van der Waals surface area contributed by atoms with Gasteiger partial charge in [0, 0.05) is 23.9 Å². The second-order valence-electron chi connectivity index (χ2n) is 5.07. The van der Waals surface area contributed by atoms with Gasteiger partial charge in [-0.1, -0.05) is 35.0 Å². The largest absolute Gasteiger partial charge is 0.250 e. The van der Waals surface area contributed by atoms with E-state index >= 15 is 0 Å². The van der Waals surface area contributed by atoms with Gasteiger partial charge in [-0.05, 0) is 30.0 Å². The summed E-state index contributed by atoms with van der Waals surface area (Å²) in [6.45, 7) is 3.30. The molecule has 1 aromatic heterocycles. The van der Waals surface area contributed by atoms with E-state index in [1.54, 1.807) is 0 Å². The molecule has 3 nitrogen and oxygen atoms in total. The van der Waals surface area contributed by atoms with Crippen LogP contribution in [0.2, 0.25) is 0 Å². The summed E-state index contributed by atoms with van der Waals surface area (Å²) in [4.78, 5) is 4.66. The van der Waals surface area contributed by atoms with Crippen molar-refractivity contribution in [3.63, 3.8) is 0 Å². The summed E-state index contributed by atoms with van der Waals surface area (Å²) >= 11 is 3.49. The first kappa shape index (κ1) is 11.9. The minimum Gasteiger partial charge on any atom is -0.250 e. The van der Waals surface area contributed by atoms with Crippen LogP contribution in [0.3, 0.4) is 0 Å². The fraction of sp³-hybridized carbons (Fsp3) is 0.429. The molecular weight excluding hydrogens is 290 g/mol. The van der Waals surface area contributed by atoms with Crippen LogP contribution in [-0.4, -0.2) is 14.8 Å². The second-order valence-corrected chi connectivity index (χ2v) is 5.99. The maximum Gasteiger partial charge on any atom is 0.155 e. The lowest BCUT2D eigenvalue weighted by Gasteiger charge is -2.17. The molecule has 0 aliphatic carbocycles. The average molecular weight is 306 g/mol. The fourth-order valence-corrected chi connectivity index (χ4v) is 2.86. The third-order valence-corrected chi connectivity index (χ3v) is 3.90. The molecule has 18 heavy (non-hydrogen) atoms. The summed E-state index contributed by atoms with van der Waals surface area (Å²) in [6.07, 6.45) is 3.09. The van der Waals surface area contributed by atoms with Crippen molar-refractivity contribution in [3.8, 4) is 0 Å². The van der Waals surface area contributed by atoms with E-state index in [4.69, 9.17) is 0 Å². The van der Waals surface area contributed by atoms with E-state index < -0.39 is 0 Å². The Bertz CT molecular complexity index is 562. The van der Waals surface area contributed by atoms with Crippen LogP contribution >= 0.6 is 15.9 Å². The van der Waals surface area contributed by atoms with E-state index in [1.807, 2.05) is 6.07 Å². The highest BCUT2D eigenvalue weighted by molar-refractivity contribution is 9.10. The van der Waals surface area contributed by atoms with Crippen molar-refractivity contribution in [3.05, 3.63) is 46.0 Å². The highest BCUT2D eigenvalue weighted by Crippen LogP contribution is 2.19. The van der Waals surface area contributed by atoms with Gasteiger partial charge >= 0.3 is 0 Å². The Morgan fingerprint density at radius 3 is 3.17 bits per heavy atom. The number of hydrogen-bond donors (Lipinski definition) is 0. The van der Waals surface area contributed by atoms with Crippen molar-refractivity contribution >= 4 is 15.9 Å². The summed E-state index contributed by atoms with van der Waals surface area (Å²) in [6, 6.07) is 8.34. The average Bonchev–Trinajstić information content (AvgIpc) is 2.70. The van der Waals surface area contributed by atoms with Crippen LogP contribution in [-0.2, 0) is 19.4 Å². The molecule has 0 radical (unpaired) electrons. The monoisotopic (exact) mass is 305 g/mol. The van der Waals surface area contributed by atoms with Crippen LogP contribution in [0.5, 0.6) is 0 Å². The highest BCUT2D eigenvalue weighted by Gasteiger charge is 2.18. The molecule has 1 aliphatic heterocycles. The summed E-state index contributed by atoms with van der Waals surface area (Å²) in [7, 11) is 0.